The minimum atomic E-state index is 0.0400. The topological polar surface area (TPSA) is 86.4 Å². The van der Waals surface area contributed by atoms with Crippen molar-refractivity contribution in [2.45, 2.75) is 52.1 Å². The molecule has 0 atom stereocenters. The summed E-state index contributed by atoms with van der Waals surface area (Å²) >= 11 is 0. The number of carbonyl (C=O) groups excluding carboxylic acids is 1. The zero-order chi connectivity index (χ0) is 22.2. The summed E-state index contributed by atoms with van der Waals surface area (Å²) in [7, 11) is 0. The first-order chi connectivity index (χ1) is 15.0. The van der Waals surface area contributed by atoms with Gasteiger partial charge in [0.15, 0.2) is 5.57 Å². The Morgan fingerprint density at radius 1 is 1.16 bits per heavy atom. The molecule has 1 N–H and O–H groups in total. The van der Waals surface area contributed by atoms with Gasteiger partial charge in [0, 0.05) is 44.3 Å². The first kappa shape index (κ1) is 22.7. The highest BCUT2D eigenvalue weighted by atomic mass is 16.2. The highest BCUT2D eigenvalue weighted by Gasteiger charge is 2.24. The average Bonchev–Trinajstić information content (AvgIpc) is 3.22. The summed E-state index contributed by atoms with van der Waals surface area (Å²) in [6.45, 7) is 9.10. The maximum Gasteiger partial charge on any atom is 0.229 e. The number of benzene rings is 1. The molecule has 2 fully saturated rings. The Morgan fingerprint density at radius 3 is 2.58 bits per heavy atom. The largest absolute Gasteiger partial charge is 0.368 e. The number of nitriles is 2. The zero-order valence-corrected chi connectivity index (χ0v) is 18.6. The van der Waals surface area contributed by atoms with E-state index in [-0.39, 0.29) is 17.5 Å². The molecule has 2 heterocycles. The Kier molecular flexibility index (Phi) is 7.92. The smallest absolute Gasteiger partial charge is 0.229 e. The maximum absolute atomic E-state index is 13.2. The highest BCUT2D eigenvalue weighted by Crippen LogP contribution is 2.22. The molecule has 0 unspecified atom stereocenters. The van der Waals surface area contributed by atoms with Crippen LogP contribution in [0.4, 0.5) is 5.69 Å². The second kappa shape index (κ2) is 10.8. The number of nitrogens with one attached hydrogen (secondary N) is 1. The Bertz CT molecular complexity index is 872. The lowest BCUT2D eigenvalue weighted by Gasteiger charge is -2.30. The van der Waals surface area contributed by atoms with E-state index in [9.17, 15) is 4.79 Å². The van der Waals surface area contributed by atoms with Crippen LogP contribution in [0.1, 0.15) is 45.1 Å². The molecule has 2 aliphatic heterocycles. The molecule has 0 spiro atoms. The fourth-order valence-electron chi connectivity index (χ4n) is 4.40. The van der Waals surface area contributed by atoms with Gasteiger partial charge in [-0.15, -0.1) is 0 Å². The molecular weight excluding hydrogens is 388 g/mol. The number of hydrogen-bond donors (Lipinski definition) is 1. The molecule has 0 radical (unpaired) electrons. The van der Waals surface area contributed by atoms with E-state index in [4.69, 9.17) is 10.5 Å². The van der Waals surface area contributed by atoms with Gasteiger partial charge in [-0.1, -0.05) is 18.6 Å². The predicted molar refractivity (Wildman–Crippen MR) is 121 cm³/mol. The lowest BCUT2D eigenvalue weighted by atomic mass is 10.1. The summed E-state index contributed by atoms with van der Waals surface area (Å²) in [5, 5.41) is 21.4. The van der Waals surface area contributed by atoms with Crippen molar-refractivity contribution in [1.82, 2.24) is 15.1 Å². The van der Waals surface area contributed by atoms with Crippen molar-refractivity contribution in [2.75, 3.05) is 37.6 Å². The zero-order valence-electron chi connectivity index (χ0n) is 18.6. The molecule has 0 aromatic heterocycles. The van der Waals surface area contributed by atoms with Gasteiger partial charge < -0.3 is 15.1 Å². The molecular formula is C24H32N6O. The van der Waals surface area contributed by atoms with E-state index >= 15 is 0 Å². The van der Waals surface area contributed by atoms with Crippen molar-refractivity contribution < 1.29 is 4.79 Å². The number of allylic oxidation sites excluding steroid dienone is 1. The van der Waals surface area contributed by atoms with Crippen LogP contribution in [0.3, 0.4) is 0 Å². The van der Waals surface area contributed by atoms with Gasteiger partial charge in [-0.05, 0) is 57.5 Å². The minimum absolute atomic E-state index is 0.0400. The summed E-state index contributed by atoms with van der Waals surface area (Å²) in [6.07, 6.45) is 4.17. The molecule has 3 rings (SSSR count). The minimum Gasteiger partial charge on any atom is -0.368 e. The number of carbonyl (C=O) groups is 1. The third kappa shape index (κ3) is 5.77. The van der Waals surface area contributed by atoms with Crippen LogP contribution in [0.15, 0.2) is 35.7 Å². The number of amides is 1. The van der Waals surface area contributed by atoms with Crippen molar-refractivity contribution >= 4 is 11.6 Å². The quantitative estimate of drug-likeness (QED) is 0.683. The number of hydrogen-bond acceptors (Lipinski definition) is 6. The van der Waals surface area contributed by atoms with Crippen molar-refractivity contribution in [3.05, 3.63) is 41.2 Å². The van der Waals surface area contributed by atoms with Crippen LogP contribution in [-0.4, -0.2) is 54.5 Å². The molecule has 1 amide bonds. The lowest BCUT2D eigenvalue weighted by Crippen LogP contribution is -2.39. The highest BCUT2D eigenvalue weighted by molar-refractivity contribution is 5.94. The van der Waals surface area contributed by atoms with Gasteiger partial charge in [0.25, 0.3) is 0 Å². The van der Waals surface area contributed by atoms with E-state index in [1.54, 1.807) is 0 Å². The van der Waals surface area contributed by atoms with E-state index in [1.807, 2.05) is 47.9 Å². The molecule has 1 aromatic rings. The van der Waals surface area contributed by atoms with Gasteiger partial charge in [-0.25, -0.2) is 0 Å². The number of rotatable bonds is 7. The Hall–Kier alpha value is -3.03. The van der Waals surface area contributed by atoms with Crippen LogP contribution < -0.4 is 10.2 Å². The standard InChI is InChI=1S/C24H32N6O/c1-19(2)30(22-8-6-7-20(15-22)18-28-11-4-3-5-12-28)23(31)9-13-29-14-10-27-24(29)21(16-25)17-26/h6-8,15,19,27H,3-5,9-14,18H2,1-2H3. The molecule has 0 saturated carbocycles. The summed E-state index contributed by atoms with van der Waals surface area (Å²) in [5.41, 5.74) is 2.23. The van der Waals surface area contributed by atoms with Crippen LogP contribution in [-0.2, 0) is 11.3 Å². The Morgan fingerprint density at radius 2 is 1.90 bits per heavy atom. The van der Waals surface area contributed by atoms with Gasteiger partial charge in [0.05, 0.1) is 0 Å². The van der Waals surface area contributed by atoms with E-state index in [1.165, 1.54) is 24.8 Å². The fourth-order valence-corrected chi connectivity index (χ4v) is 4.40. The van der Waals surface area contributed by atoms with Crippen LogP contribution >= 0.6 is 0 Å². The lowest BCUT2D eigenvalue weighted by molar-refractivity contribution is -0.119. The van der Waals surface area contributed by atoms with E-state index in [2.05, 4.69) is 22.3 Å². The van der Waals surface area contributed by atoms with Crippen molar-refractivity contribution in [1.29, 1.82) is 10.5 Å². The molecule has 31 heavy (non-hydrogen) atoms. The monoisotopic (exact) mass is 420 g/mol. The first-order valence-corrected chi connectivity index (χ1v) is 11.2. The second-order valence-corrected chi connectivity index (χ2v) is 8.48. The number of anilines is 1. The summed E-state index contributed by atoms with van der Waals surface area (Å²) in [6, 6.07) is 12.2. The Labute approximate surface area is 185 Å². The van der Waals surface area contributed by atoms with Gasteiger partial charge in [-0.2, -0.15) is 10.5 Å². The van der Waals surface area contributed by atoms with Crippen molar-refractivity contribution in [3.63, 3.8) is 0 Å². The maximum atomic E-state index is 13.2. The van der Waals surface area contributed by atoms with Crippen LogP contribution in [0.2, 0.25) is 0 Å². The second-order valence-electron chi connectivity index (χ2n) is 8.48. The molecule has 164 valence electrons. The summed E-state index contributed by atoms with van der Waals surface area (Å²) < 4.78 is 0. The fraction of sp³-hybridized carbons (Fsp3) is 0.542. The molecule has 7 heteroatoms. The summed E-state index contributed by atoms with van der Waals surface area (Å²) in [5.74, 6) is 0.587. The van der Waals surface area contributed by atoms with Gasteiger partial charge in [0.2, 0.25) is 5.91 Å². The molecule has 0 bridgehead atoms. The average molecular weight is 421 g/mol. The van der Waals surface area contributed by atoms with E-state index < -0.39 is 0 Å². The summed E-state index contributed by atoms with van der Waals surface area (Å²) in [4.78, 5) is 19.5. The van der Waals surface area contributed by atoms with Crippen LogP contribution in [0.25, 0.3) is 0 Å². The van der Waals surface area contributed by atoms with E-state index in [0.29, 0.717) is 31.9 Å². The van der Waals surface area contributed by atoms with Gasteiger partial charge in [-0.3, -0.25) is 9.69 Å². The van der Waals surface area contributed by atoms with Gasteiger partial charge in [0.1, 0.15) is 18.0 Å². The molecule has 1 aromatic carbocycles. The first-order valence-electron chi connectivity index (χ1n) is 11.2. The van der Waals surface area contributed by atoms with Crippen LogP contribution in [0.5, 0.6) is 0 Å². The normalized spacial score (nSPS) is 16.5. The molecule has 7 nitrogen and oxygen atoms in total. The van der Waals surface area contributed by atoms with E-state index in [0.717, 1.165) is 25.3 Å². The number of nitrogens with zero attached hydrogens (tertiary/aromatic N) is 5. The van der Waals surface area contributed by atoms with Crippen LogP contribution in [0, 0.1) is 22.7 Å². The predicted octanol–water partition coefficient (Wildman–Crippen LogP) is 2.97. The molecule has 2 aliphatic rings. The number of likely N-dealkylation sites (tertiary alicyclic amines) is 1. The third-order valence-corrected chi connectivity index (χ3v) is 5.88. The molecule has 0 aliphatic carbocycles. The van der Waals surface area contributed by atoms with Crippen molar-refractivity contribution in [2.24, 2.45) is 0 Å². The van der Waals surface area contributed by atoms with Crippen molar-refractivity contribution in [3.8, 4) is 12.1 Å². The number of piperidine rings is 1. The van der Waals surface area contributed by atoms with Gasteiger partial charge >= 0.3 is 0 Å². The third-order valence-electron chi connectivity index (χ3n) is 5.88. The Balaban J connectivity index is 1.68. The molecule has 2 saturated heterocycles. The SMILES string of the molecule is CC(C)N(C(=O)CCN1CCNC1=C(C#N)C#N)c1cccc(CN2CCCCC2)c1.